The Balaban J connectivity index is 2.86. The van der Waals surface area contributed by atoms with Crippen LogP contribution in [0.4, 0.5) is 5.69 Å². The van der Waals surface area contributed by atoms with Gasteiger partial charge in [-0.05, 0) is 24.6 Å². The Hall–Kier alpha value is -2.24. The van der Waals surface area contributed by atoms with E-state index in [4.69, 9.17) is 21.3 Å². The van der Waals surface area contributed by atoms with Gasteiger partial charge in [-0.25, -0.2) is 9.79 Å². The van der Waals surface area contributed by atoms with Crippen molar-refractivity contribution in [3.63, 3.8) is 0 Å². The van der Waals surface area contributed by atoms with Crippen LogP contribution in [0.25, 0.3) is 0 Å². The van der Waals surface area contributed by atoms with E-state index in [1.54, 1.807) is 12.1 Å². The maximum absolute atomic E-state index is 11.2. The van der Waals surface area contributed by atoms with Gasteiger partial charge in [0.2, 0.25) is 0 Å². The summed E-state index contributed by atoms with van der Waals surface area (Å²) in [5.41, 5.74) is 10.9. The van der Waals surface area contributed by atoms with E-state index in [2.05, 4.69) is 11.9 Å². The summed E-state index contributed by atoms with van der Waals surface area (Å²) >= 11 is 0. The summed E-state index contributed by atoms with van der Waals surface area (Å²) in [4.78, 5) is 15.0. The fourth-order valence-electron chi connectivity index (χ4n) is 1.56. The molecule has 1 rings (SSSR count). The van der Waals surface area contributed by atoms with Crippen molar-refractivity contribution in [3.8, 4) is 5.75 Å². The highest BCUT2D eigenvalue weighted by Crippen LogP contribution is 2.24. The summed E-state index contributed by atoms with van der Waals surface area (Å²) in [5.74, 6) is -0.857. The highest BCUT2D eigenvalue weighted by molar-refractivity contribution is 5.92. The van der Waals surface area contributed by atoms with Crippen molar-refractivity contribution in [1.82, 2.24) is 0 Å². The van der Waals surface area contributed by atoms with Gasteiger partial charge in [-0.2, -0.15) is 0 Å². The lowest BCUT2D eigenvalue weighted by Crippen LogP contribution is -2.21. The summed E-state index contributed by atoms with van der Waals surface area (Å²) in [5, 5.41) is 9.14. The molecular weight excluding hydrogens is 246 g/mol. The summed E-state index contributed by atoms with van der Waals surface area (Å²) < 4.78 is 5.47. The van der Waals surface area contributed by atoms with Gasteiger partial charge in [0.1, 0.15) is 11.3 Å². The van der Waals surface area contributed by atoms with E-state index in [0.717, 1.165) is 19.3 Å². The summed E-state index contributed by atoms with van der Waals surface area (Å²) in [6.07, 6.45) is 3.03. The molecule has 0 spiro atoms. The first-order chi connectivity index (χ1) is 9.04. The second-order valence-electron chi connectivity index (χ2n) is 4.08. The molecule has 0 saturated heterocycles. The van der Waals surface area contributed by atoms with E-state index >= 15 is 0 Å². The molecule has 19 heavy (non-hydrogen) atoms. The van der Waals surface area contributed by atoms with Gasteiger partial charge in [0.15, 0.2) is 5.96 Å². The van der Waals surface area contributed by atoms with Crippen molar-refractivity contribution < 1.29 is 14.6 Å². The number of carboxylic acids is 1. The van der Waals surface area contributed by atoms with Crippen LogP contribution in [0.15, 0.2) is 23.2 Å². The molecule has 0 saturated carbocycles. The molecular formula is C13H19N3O3. The highest BCUT2D eigenvalue weighted by atomic mass is 16.5. The third-order valence-electron chi connectivity index (χ3n) is 2.46. The molecule has 0 aliphatic heterocycles. The molecule has 0 aromatic heterocycles. The Labute approximate surface area is 112 Å². The van der Waals surface area contributed by atoms with Crippen molar-refractivity contribution in [1.29, 1.82) is 0 Å². The summed E-state index contributed by atoms with van der Waals surface area (Å²) in [6, 6.07) is 4.57. The molecule has 0 amide bonds. The number of guanidine groups is 1. The summed E-state index contributed by atoms with van der Waals surface area (Å²) in [7, 11) is 0. The lowest BCUT2D eigenvalue weighted by Gasteiger charge is -2.09. The molecule has 104 valence electrons. The van der Waals surface area contributed by atoms with Crippen LogP contribution in [0.3, 0.4) is 0 Å². The van der Waals surface area contributed by atoms with Crippen molar-refractivity contribution in [2.45, 2.75) is 26.2 Å². The van der Waals surface area contributed by atoms with E-state index in [-0.39, 0.29) is 11.5 Å². The molecule has 0 aliphatic rings. The largest absolute Gasteiger partial charge is 0.493 e. The number of aliphatic imine (C=N–C) groups is 1. The van der Waals surface area contributed by atoms with Crippen LogP contribution >= 0.6 is 0 Å². The van der Waals surface area contributed by atoms with Crippen LogP contribution in [-0.2, 0) is 0 Å². The molecule has 0 radical (unpaired) electrons. The first kappa shape index (κ1) is 14.8. The molecule has 0 heterocycles. The second-order valence-corrected chi connectivity index (χ2v) is 4.08. The molecule has 0 atom stereocenters. The van der Waals surface area contributed by atoms with E-state index in [1.807, 2.05) is 0 Å². The number of ether oxygens (including phenoxy) is 1. The van der Waals surface area contributed by atoms with Crippen LogP contribution < -0.4 is 16.2 Å². The van der Waals surface area contributed by atoms with Crippen LogP contribution in [0.2, 0.25) is 0 Å². The van der Waals surface area contributed by atoms with Crippen LogP contribution in [0.1, 0.15) is 36.5 Å². The molecule has 1 aromatic rings. The Bertz CT molecular complexity index is 468. The quantitative estimate of drug-likeness (QED) is 0.396. The van der Waals surface area contributed by atoms with E-state index in [9.17, 15) is 4.79 Å². The number of carboxylic acid groups (broad SMARTS) is 1. The predicted molar refractivity (Wildman–Crippen MR) is 73.9 cm³/mol. The number of nitrogens with two attached hydrogens (primary N) is 2. The number of rotatable bonds is 7. The number of hydrogen-bond acceptors (Lipinski definition) is 3. The molecule has 6 nitrogen and oxygen atoms in total. The Morgan fingerprint density at radius 3 is 2.68 bits per heavy atom. The topological polar surface area (TPSA) is 111 Å². The molecule has 0 unspecified atom stereocenters. The standard InChI is InChI=1S/C13H19N3O3/c1-2-3-4-7-19-11-6-5-9(16-13(14)15)8-10(11)12(17)18/h5-6,8H,2-4,7H2,1H3,(H,17,18)(H4,14,15,16). The smallest absolute Gasteiger partial charge is 0.339 e. The van der Waals surface area contributed by atoms with E-state index in [0.29, 0.717) is 18.0 Å². The second kappa shape index (κ2) is 7.25. The minimum absolute atomic E-state index is 0.0546. The zero-order chi connectivity index (χ0) is 14.3. The van der Waals surface area contributed by atoms with Crippen LogP contribution in [0, 0.1) is 0 Å². The van der Waals surface area contributed by atoms with Crippen LogP contribution in [-0.4, -0.2) is 23.6 Å². The van der Waals surface area contributed by atoms with Gasteiger partial charge < -0.3 is 21.3 Å². The van der Waals surface area contributed by atoms with Gasteiger partial charge in [-0.15, -0.1) is 0 Å². The van der Waals surface area contributed by atoms with E-state index in [1.165, 1.54) is 6.07 Å². The number of benzene rings is 1. The van der Waals surface area contributed by atoms with Crippen molar-refractivity contribution >= 4 is 17.6 Å². The predicted octanol–water partition coefficient (Wildman–Crippen LogP) is 1.86. The number of unbranched alkanes of at least 4 members (excludes halogenated alkanes) is 2. The van der Waals surface area contributed by atoms with Gasteiger partial charge >= 0.3 is 5.97 Å². The van der Waals surface area contributed by atoms with E-state index < -0.39 is 5.97 Å². The maximum Gasteiger partial charge on any atom is 0.339 e. The normalized spacial score (nSPS) is 9.95. The van der Waals surface area contributed by atoms with Crippen molar-refractivity contribution in [3.05, 3.63) is 23.8 Å². The Kier molecular flexibility index (Phi) is 5.66. The fourth-order valence-corrected chi connectivity index (χ4v) is 1.56. The van der Waals surface area contributed by atoms with Gasteiger partial charge in [0.25, 0.3) is 0 Å². The molecule has 5 N–H and O–H groups in total. The van der Waals surface area contributed by atoms with Gasteiger partial charge in [0, 0.05) is 0 Å². The average Bonchev–Trinajstić information content (AvgIpc) is 2.35. The van der Waals surface area contributed by atoms with Crippen molar-refractivity contribution in [2.75, 3.05) is 6.61 Å². The average molecular weight is 265 g/mol. The SMILES string of the molecule is CCCCCOc1ccc(N=C(N)N)cc1C(=O)O. The fraction of sp³-hybridized carbons (Fsp3) is 0.385. The monoisotopic (exact) mass is 265 g/mol. The van der Waals surface area contributed by atoms with Gasteiger partial charge in [-0.3, -0.25) is 0 Å². The lowest BCUT2D eigenvalue weighted by atomic mass is 10.2. The molecule has 0 fully saturated rings. The number of hydrogen-bond donors (Lipinski definition) is 3. The number of nitrogens with zero attached hydrogens (tertiary/aromatic N) is 1. The third kappa shape index (κ3) is 4.87. The minimum atomic E-state index is -1.07. The lowest BCUT2D eigenvalue weighted by molar-refractivity contribution is 0.0692. The summed E-state index contributed by atoms with van der Waals surface area (Å²) in [6.45, 7) is 2.59. The van der Waals surface area contributed by atoms with Gasteiger partial charge in [0.05, 0.1) is 12.3 Å². The molecule has 1 aromatic carbocycles. The zero-order valence-corrected chi connectivity index (χ0v) is 10.9. The third-order valence-corrected chi connectivity index (χ3v) is 2.46. The Morgan fingerprint density at radius 2 is 2.11 bits per heavy atom. The number of carbonyl (C=O) groups is 1. The highest BCUT2D eigenvalue weighted by Gasteiger charge is 2.12. The first-order valence-corrected chi connectivity index (χ1v) is 6.14. The van der Waals surface area contributed by atoms with Crippen molar-refractivity contribution in [2.24, 2.45) is 16.5 Å². The Morgan fingerprint density at radius 1 is 1.37 bits per heavy atom. The number of aromatic carboxylic acids is 1. The first-order valence-electron chi connectivity index (χ1n) is 6.14. The minimum Gasteiger partial charge on any atom is -0.493 e. The molecule has 6 heteroatoms. The molecule has 0 bridgehead atoms. The van der Waals surface area contributed by atoms with Gasteiger partial charge in [-0.1, -0.05) is 19.8 Å². The van der Waals surface area contributed by atoms with Crippen LogP contribution in [0.5, 0.6) is 5.75 Å². The zero-order valence-electron chi connectivity index (χ0n) is 10.9. The molecule has 0 aliphatic carbocycles. The maximum atomic E-state index is 11.2.